The van der Waals surface area contributed by atoms with Crippen LogP contribution in [-0.2, 0) is 6.54 Å². The zero-order chi connectivity index (χ0) is 22.2. The number of alkyl halides is 3. The number of nitrogens with zero attached hydrogens (tertiary/aromatic N) is 3. The van der Waals surface area contributed by atoms with Crippen LogP contribution in [0.25, 0.3) is 0 Å². The Labute approximate surface area is 180 Å². The first-order valence-electron chi connectivity index (χ1n) is 10.6. The standard InChI is InChI=1S/C22H29F3N4O2/c1-14-11-19(22(23,24)25)29-20(26-14)12-17(27-29)15-7-9-28(10-8-15)13-16-5-4-6-18(30-2)21(16)31-3/h4-6,12,14-15,19,26H,7-11,13H2,1-3H3/t14-,19-/m1/s1. The maximum Gasteiger partial charge on any atom is 0.410 e. The second kappa shape index (κ2) is 8.61. The van der Waals surface area contributed by atoms with Crippen LogP contribution in [0, 0.1) is 0 Å². The maximum atomic E-state index is 13.5. The molecule has 9 heteroatoms. The molecule has 1 aromatic carbocycles. The Morgan fingerprint density at radius 1 is 1.16 bits per heavy atom. The second-order valence-electron chi connectivity index (χ2n) is 8.44. The van der Waals surface area contributed by atoms with Gasteiger partial charge in [-0.3, -0.25) is 4.90 Å². The van der Waals surface area contributed by atoms with Crippen LogP contribution < -0.4 is 14.8 Å². The van der Waals surface area contributed by atoms with E-state index in [9.17, 15) is 13.2 Å². The van der Waals surface area contributed by atoms with E-state index in [0.29, 0.717) is 11.6 Å². The molecule has 0 spiro atoms. The lowest BCUT2D eigenvalue weighted by molar-refractivity contribution is -0.173. The molecule has 2 atom stereocenters. The average molecular weight is 438 g/mol. The minimum absolute atomic E-state index is 0.00155. The van der Waals surface area contributed by atoms with E-state index in [4.69, 9.17) is 9.47 Å². The summed E-state index contributed by atoms with van der Waals surface area (Å²) in [7, 11) is 3.26. The van der Waals surface area contributed by atoms with Crippen LogP contribution >= 0.6 is 0 Å². The number of piperidine rings is 1. The zero-order valence-corrected chi connectivity index (χ0v) is 18.1. The molecule has 0 radical (unpaired) electrons. The summed E-state index contributed by atoms with van der Waals surface area (Å²) in [5, 5.41) is 7.55. The van der Waals surface area contributed by atoms with Crippen molar-refractivity contribution in [3.05, 3.63) is 35.5 Å². The number of halogens is 3. The molecule has 4 rings (SSSR count). The monoisotopic (exact) mass is 438 g/mol. The molecule has 0 unspecified atom stereocenters. The van der Waals surface area contributed by atoms with Crippen molar-refractivity contribution in [1.29, 1.82) is 0 Å². The Hall–Kier alpha value is -2.42. The SMILES string of the molecule is COc1cccc(CN2CCC(c3cc4n(n3)[C@@H](C(F)(F)F)C[C@@H](C)N4)CC2)c1OC. The molecule has 1 aromatic heterocycles. The predicted molar refractivity (Wildman–Crippen MR) is 112 cm³/mol. The zero-order valence-electron chi connectivity index (χ0n) is 18.1. The third-order valence-corrected chi connectivity index (χ3v) is 6.28. The number of methoxy groups -OCH3 is 2. The largest absolute Gasteiger partial charge is 0.493 e. The highest BCUT2D eigenvalue weighted by molar-refractivity contribution is 5.46. The second-order valence-corrected chi connectivity index (χ2v) is 8.44. The number of hydrogen-bond acceptors (Lipinski definition) is 5. The van der Waals surface area contributed by atoms with Gasteiger partial charge in [0.15, 0.2) is 17.5 Å². The van der Waals surface area contributed by atoms with E-state index in [-0.39, 0.29) is 18.4 Å². The number of ether oxygens (including phenoxy) is 2. The van der Waals surface area contributed by atoms with Crippen molar-refractivity contribution < 1.29 is 22.6 Å². The molecule has 2 aromatic rings. The molecular weight excluding hydrogens is 409 g/mol. The molecule has 0 bridgehead atoms. The summed E-state index contributed by atoms with van der Waals surface area (Å²) in [6, 6.07) is 5.86. The third-order valence-electron chi connectivity index (χ3n) is 6.28. The third kappa shape index (κ3) is 4.46. The quantitative estimate of drug-likeness (QED) is 0.740. The number of rotatable bonds is 5. The summed E-state index contributed by atoms with van der Waals surface area (Å²) < 4.78 is 52.6. The topological polar surface area (TPSA) is 51.5 Å². The lowest BCUT2D eigenvalue weighted by Gasteiger charge is -2.32. The van der Waals surface area contributed by atoms with E-state index in [2.05, 4.69) is 15.3 Å². The van der Waals surface area contributed by atoms with E-state index in [1.54, 1.807) is 27.2 Å². The van der Waals surface area contributed by atoms with Crippen molar-refractivity contribution in [2.45, 2.75) is 56.9 Å². The molecule has 1 N–H and O–H groups in total. The van der Waals surface area contributed by atoms with Crippen LogP contribution in [0.2, 0.25) is 0 Å². The molecule has 31 heavy (non-hydrogen) atoms. The van der Waals surface area contributed by atoms with E-state index in [1.165, 1.54) is 0 Å². The number of likely N-dealkylation sites (tertiary alicyclic amines) is 1. The minimum Gasteiger partial charge on any atom is -0.493 e. The van der Waals surface area contributed by atoms with Crippen molar-refractivity contribution in [2.24, 2.45) is 0 Å². The molecule has 2 aliphatic rings. The maximum absolute atomic E-state index is 13.5. The first-order chi connectivity index (χ1) is 14.8. The van der Waals surface area contributed by atoms with Gasteiger partial charge in [0.1, 0.15) is 5.82 Å². The van der Waals surface area contributed by atoms with Gasteiger partial charge in [0, 0.05) is 30.1 Å². The van der Waals surface area contributed by atoms with Gasteiger partial charge in [-0.05, 0) is 45.3 Å². The summed E-state index contributed by atoms with van der Waals surface area (Å²) in [4.78, 5) is 2.34. The molecule has 1 saturated heterocycles. The fourth-order valence-corrected chi connectivity index (χ4v) is 4.68. The van der Waals surface area contributed by atoms with E-state index in [1.807, 2.05) is 18.2 Å². The molecule has 0 amide bonds. The Kier molecular flexibility index (Phi) is 6.05. The highest BCUT2D eigenvalue weighted by Gasteiger charge is 2.45. The number of benzene rings is 1. The number of aromatic nitrogens is 2. The van der Waals surface area contributed by atoms with Gasteiger partial charge >= 0.3 is 6.18 Å². The smallest absolute Gasteiger partial charge is 0.410 e. The Balaban J connectivity index is 1.43. The summed E-state index contributed by atoms with van der Waals surface area (Å²) in [5.41, 5.74) is 1.81. The number of hydrogen-bond donors (Lipinski definition) is 1. The first kappa shape index (κ1) is 21.8. The van der Waals surface area contributed by atoms with E-state index in [0.717, 1.165) is 54.2 Å². The molecular formula is C22H29F3N4O2. The van der Waals surface area contributed by atoms with Gasteiger partial charge in [-0.2, -0.15) is 18.3 Å². The van der Waals surface area contributed by atoms with E-state index >= 15 is 0 Å². The van der Waals surface area contributed by atoms with Gasteiger partial charge in [-0.25, -0.2) is 4.68 Å². The summed E-state index contributed by atoms with van der Waals surface area (Å²) in [6.45, 7) is 4.21. The number of nitrogens with one attached hydrogen (secondary N) is 1. The van der Waals surface area contributed by atoms with E-state index < -0.39 is 12.2 Å². The molecule has 2 aliphatic heterocycles. The van der Waals surface area contributed by atoms with Crippen molar-refractivity contribution in [2.75, 3.05) is 32.6 Å². The fourth-order valence-electron chi connectivity index (χ4n) is 4.68. The lowest BCUT2D eigenvalue weighted by atomic mass is 9.93. The summed E-state index contributed by atoms with van der Waals surface area (Å²) in [6.07, 6.45) is -2.59. The van der Waals surface area contributed by atoms with Crippen LogP contribution in [0.4, 0.5) is 19.0 Å². The number of para-hydroxylation sites is 1. The number of anilines is 1. The van der Waals surface area contributed by atoms with Gasteiger partial charge in [-0.15, -0.1) is 0 Å². The van der Waals surface area contributed by atoms with Crippen molar-refractivity contribution in [1.82, 2.24) is 14.7 Å². The van der Waals surface area contributed by atoms with Crippen LogP contribution in [-0.4, -0.2) is 54.2 Å². The molecule has 170 valence electrons. The van der Waals surface area contributed by atoms with Gasteiger partial charge in [0.05, 0.1) is 19.9 Å². The fraction of sp³-hybridized carbons (Fsp3) is 0.591. The van der Waals surface area contributed by atoms with Gasteiger partial charge in [-0.1, -0.05) is 12.1 Å². The van der Waals surface area contributed by atoms with Crippen molar-refractivity contribution in [3.8, 4) is 11.5 Å². The van der Waals surface area contributed by atoms with Crippen LogP contribution in [0.3, 0.4) is 0 Å². The summed E-state index contributed by atoms with van der Waals surface area (Å²) in [5.74, 6) is 2.08. The van der Waals surface area contributed by atoms with Crippen LogP contribution in [0.5, 0.6) is 11.5 Å². The Morgan fingerprint density at radius 2 is 1.90 bits per heavy atom. The average Bonchev–Trinajstić information content (AvgIpc) is 3.16. The van der Waals surface area contributed by atoms with Crippen molar-refractivity contribution in [3.63, 3.8) is 0 Å². The first-order valence-corrected chi connectivity index (χ1v) is 10.6. The molecule has 1 fully saturated rings. The predicted octanol–water partition coefficient (Wildman–Crippen LogP) is 4.59. The minimum atomic E-state index is -4.30. The van der Waals surface area contributed by atoms with Gasteiger partial charge in [0.25, 0.3) is 0 Å². The molecule has 0 aliphatic carbocycles. The normalized spacial score (nSPS) is 22.6. The van der Waals surface area contributed by atoms with Crippen LogP contribution in [0.15, 0.2) is 24.3 Å². The summed E-state index contributed by atoms with van der Waals surface area (Å²) >= 11 is 0. The lowest BCUT2D eigenvalue weighted by Crippen LogP contribution is -2.38. The van der Waals surface area contributed by atoms with Crippen LogP contribution in [0.1, 0.15) is 49.4 Å². The Morgan fingerprint density at radius 3 is 2.55 bits per heavy atom. The molecule has 3 heterocycles. The number of fused-ring (bicyclic) bond motifs is 1. The van der Waals surface area contributed by atoms with Gasteiger partial charge in [0.2, 0.25) is 0 Å². The highest BCUT2D eigenvalue weighted by Crippen LogP contribution is 2.41. The van der Waals surface area contributed by atoms with Gasteiger partial charge < -0.3 is 14.8 Å². The molecule has 6 nitrogen and oxygen atoms in total. The van der Waals surface area contributed by atoms with Crippen molar-refractivity contribution >= 4 is 5.82 Å². The Bertz CT molecular complexity index is 907. The highest BCUT2D eigenvalue weighted by atomic mass is 19.4. The molecule has 0 saturated carbocycles.